The monoisotopic (exact) mass is 135 g/mol. The number of nitrogens with one attached hydrogen (secondary N) is 1. The molecule has 0 aromatic rings. The SMILES string of the molecule is CC1(NOOS)CC1. The predicted molar refractivity (Wildman–Crippen MR) is 31.9 cm³/mol. The van der Waals surface area contributed by atoms with Crippen molar-refractivity contribution in [1.29, 1.82) is 0 Å². The van der Waals surface area contributed by atoms with E-state index in [1.807, 2.05) is 0 Å². The Hall–Kier alpha value is 0.230. The molecule has 0 heterocycles. The molecule has 48 valence electrons. The summed E-state index contributed by atoms with van der Waals surface area (Å²) in [6, 6.07) is 0. The van der Waals surface area contributed by atoms with E-state index in [0.29, 0.717) is 0 Å². The first-order valence-electron chi connectivity index (χ1n) is 2.51. The third-order valence-electron chi connectivity index (χ3n) is 1.33. The Morgan fingerprint density at radius 1 is 1.62 bits per heavy atom. The topological polar surface area (TPSA) is 30.5 Å². The van der Waals surface area contributed by atoms with Crippen LogP contribution in [0, 0.1) is 0 Å². The van der Waals surface area contributed by atoms with Crippen molar-refractivity contribution in [2.24, 2.45) is 0 Å². The second-order valence-corrected chi connectivity index (χ2v) is 2.47. The normalized spacial score (nSPS) is 23.2. The molecule has 0 bridgehead atoms. The largest absolute Gasteiger partial charge is 0.163 e. The highest BCUT2D eigenvalue weighted by atomic mass is 32.1. The van der Waals surface area contributed by atoms with E-state index in [-0.39, 0.29) is 5.54 Å². The summed E-state index contributed by atoms with van der Waals surface area (Å²) < 4.78 is 4.04. The highest BCUT2D eigenvalue weighted by Crippen LogP contribution is 2.34. The molecule has 0 saturated heterocycles. The first-order valence-corrected chi connectivity index (χ1v) is 2.88. The maximum atomic E-state index is 4.37. The van der Waals surface area contributed by atoms with Crippen molar-refractivity contribution < 1.29 is 9.32 Å². The van der Waals surface area contributed by atoms with Gasteiger partial charge in [0, 0.05) is 18.4 Å². The van der Waals surface area contributed by atoms with Crippen molar-refractivity contribution in [3.05, 3.63) is 0 Å². The van der Waals surface area contributed by atoms with Gasteiger partial charge in [0.05, 0.1) is 0 Å². The summed E-state index contributed by atoms with van der Waals surface area (Å²) in [6.45, 7) is 2.06. The summed E-state index contributed by atoms with van der Waals surface area (Å²) in [5.41, 5.74) is 2.84. The van der Waals surface area contributed by atoms with Gasteiger partial charge in [-0.3, -0.25) is 0 Å². The van der Waals surface area contributed by atoms with Gasteiger partial charge in [0.2, 0.25) is 0 Å². The second kappa shape index (κ2) is 2.23. The van der Waals surface area contributed by atoms with Gasteiger partial charge in [0.25, 0.3) is 0 Å². The molecule has 0 spiro atoms. The Labute approximate surface area is 53.9 Å². The van der Waals surface area contributed by atoms with Crippen LogP contribution in [0.2, 0.25) is 0 Å². The highest BCUT2D eigenvalue weighted by molar-refractivity contribution is 7.74. The molecule has 0 atom stereocenters. The summed E-state index contributed by atoms with van der Waals surface area (Å²) >= 11 is 3.38. The minimum absolute atomic E-state index is 0.155. The molecule has 0 aromatic heterocycles. The van der Waals surface area contributed by atoms with E-state index in [0.717, 1.165) is 12.8 Å². The quantitative estimate of drug-likeness (QED) is 0.260. The lowest BCUT2D eigenvalue weighted by Crippen LogP contribution is -2.26. The number of hydrogen-bond donors (Lipinski definition) is 2. The molecule has 0 aromatic carbocycles. The van der Waals surface area contributed by atoms with Crippen LogP contribution in [-0.2, 0) is 9.32 Å². The zero-order chi connectivity index (χ0) is 6.04. The second-order valence-electron chi connectivity index (χ2n) is 2.32. The standard InChI is InChI=1S/C4H9NO2S/c1-4(2-3-4)5-6-7-8/h5,8H,2-3H2,1H3. The van der Waals surface area contributed by atoms with Gasteiger partial charge < -0.3 is 0 Å². The molecule has 1 aliphatic carbocycles. The highest BCUT2D eigenvalue weighted by Gasteiger charge is 2.37. The molecule has 4 heteroatoms. The summed E-state index contributed by atoms with van der Waals surface area (Å²) in [5.74, 6) is 0. The fraction of sp³-hybridized carbons (Fsp3) is 1.00. The van der Waals surface area contributed by atoms with Crippen molar-refractivity contribution in [2.75, 3.05) is 0 Å². The van der Waals surface area contributed by atoms with Crippen molar-refractivity contribution in [1.82, 2.24) is 5.48 Å². The van der Waals surface area contributed by atoms with E-state index in [4.69, 9.17) is 0 Å². The summed E-state index contributed by atoms with van der Waals surface area (Å²) in [5, 5.41) is 0. The van der Waals surface area contributed by atoms with Gasteiger partial charge in [0.15, 0.2) is 0 Å². The molecule has 1 N–H and O–H groups in total. The first-order chi connectivity index (χ1) is 3.77. The number of hydrogen-bond acceptors (Lipinski definition) is 4. The zero-order valence-corrected chi connectivity index (χ0v) is 5.57. The van der Waals surface area contributed by atoms with Gasteiger partial charge in [-0.15, -0.1) is 9.32 Å². The van der Waals surface area contributed by atoms with Gasteiger partial charge in [-0.25, -0.2) is 0 Å². The molecule has 8 heavy (non-hydrogen) atoms. The Morgan fingerprint density at radius 3 is 2.62 bits per heavy atom. The molecule has 1 aliphatic rings. The maximum absolute atomic E-state index is 4.37. The molecule has 1 fully saturated rings. The zero-order valence-electron chi connectivity index (χ0n) is 4.68. The van der Waals surface area contributed by atoms with Gasteiger partial charge in [-0.1, -0.05) is 0 Å². The average molecular weight is 135 g/mol. The minimum Gasteiger partial charge on any atom is -0.163 e. The molecule has 0 amide bonds. The molecular formula is C4H9NO2S. The van der Waals surface area contributed by atoms with Crippen LogP contribution in [0.1, 0.15) is 19.8 Å². The lowest BCUT2D eigenvalue weighted by Gasteiger charge is -2.05. The van der Waals surface area contributed by atoms with Crippen LogP contribution in [0.15, 0.2) is 0 Å². The first kappa shape index (κ1) is 6.35. The summed E-state index contributed by atoms with van der Waals surface area (Å²) in [4.78, 5) is 4.37. The van der Waals surface area contributed by atoms with Crippen LogP contribution in [0.5, 0.6) is 0 Å². The number of rotatable bonds is 3. The molecule has 0 radical (unpaired) electrons. The van der Waals surface area contributed by atoms with Crippen LogP contribution in [-0.4, -0.2) is 5.54 Å². The van der Waals surface area contributed by atoms with Gasteiger partial charge in [0.1, 0.15) is 0 Å². The number of thiol groups is 1. The predicted octanol–water partition coefficient (Wildman–Crippen LogP) is 0.837. The van der Waals surface area contributed by atoms with Crippen molar-refractivity contribution >= 4 is 12.9 Å². The fourth-order valence-electron chi connectivity index (χ4n) is 0.409. The van der Waals surface area contributed by atoms with E-state index in [1.54, 1.807) is 0 Å². The molecule has 0 unspecified atom stereocenters. The van der Waals surface area contributed by atoms with Crippen molar-refractivity contribution in [2.45, 2.75) is 25.3 Å². The van der Waals surface area contributed by atoms with Crippen LogP contribution in [0.3, 0.4) is 0 Å². The molecule has 1 saturated carbocycles. The molecule has 3 nitrogen and oxygen atoms in total. The van der Waals surface area contributed by atoms with Gasteiger partial charge in [-0.2, -0.15) is 5.48 Å². The Balaban J connectivity index is 2.01. The summed E-state index contributed by atoms with van der Waals surface area (Å²) in [6.07, 6.45) is 2.29. The lowest BCUT2D eigenvalue weighted by molar-refractivity contribution is -0.253. The smallest absolute Gasteiger partial charge is 0.0436 e. The third-order valence-corrected chi connectivity index (χ3v) is 1.40. The van der Waals surface area contributed by atoms with E-state index in [9.17, 15) is 0 Å². The molecule has 0 aliphatic heterocycles. The molecule has 1 rings (SSSR count). The van der Waals surface area contributed by atoms with E-state index in [2.05, 4.69) is 34.6 Å². The van der Waals surface area contributed by atoms with E-state index in [1.165, 1.54) is 0 Å². The van der Waals surface area contributed by atoms with Crippen molar-refractivity contribution in [3.63, 3.8) is 0 Å². The molecular weight excluding hydrogens is 126 g/mol. The van der Waals surface area contributed by atoms with Crippen molar-refractivity contribution in [3.8, 4) is 0 Å². The van der Waals surface area contributed by atoms with Gasteiger partial charge in [-0.05, 0) is 19.8 Å². The van der Waals surface area contributed by atoms with Crippen LogP contribution in [0.25, 0.3) is 0 Å². The van der Waals surface area contributed by atoms with Crippen LogP contribution < -0.4 is 5.48 Å². The average Bonchev–Trinajstić information content (AvgIpc) is 2.45. The van der Waals surface area contributed by atoms with E-state index >= 15 is 0 Å². The van der Waals surface area contributed by atoms with E-state index < -0.39 is 0 Å². The fourth-order valence-corrected chi connectivity index (χ4v) is 0.446. The Morgan fingerprint density at radius 2 is 2.25 bits per heavy atom. The van der Waals surface area contributed by atoms with Crippen LogP contribution >= 0.6 is 12.9 Å². The van der Waals surface area contributed by atoms with Crippen LogP contribution in [0.4, 0.5) is 0 Å². The summed E-state index contributed by atoms with van der Waals surface area (Å²) in [7, 11) is 0. The number of hydroxylamine groups is 1. The lowest BCUT2D eigenvalue weighted by atomic mass is 10.4. The minimum atomic E-state index is 0.155. The Kier molecular flexibility index (Phi) is 1.77. The third kappa shape index (κ3) is 1.63. The van der Waals surface area contributed by atoms with Gasteiger partial charge >= 0.3 is 0 Å². The Bertz CT molecular complexity index is 84.1. The maximum Gasteiger partial charge on any atom is 0.0436 e.